The lowest BCUT2D eigenvalue weighted by Gasteiger charge is -2.28. The molecule has 2 heterocycles. The molecule has 1 aromatic carbocycles. The lowest BCUT2D eigenvalue weighted by Crippen LogP contribution is -2.30. The van der Waals surface area contributed by atoms with E-state index in [-0.39, 0.29) is 17.2 Å². The molecule has 0 atom stereocenters. The molecule has 1 aliphatic rings. The van der Waals surface area contributed by atoms with Crippen molar-refractivity contribution in [1.29, 1.82) is 0 Å². The van der Waals surface area contributed by atoms with Gasteiger partial charge in [-0.25, -0.2) is 0 Å². The van der Waals surface area contributed by atoms with E-state index in [0.717, 1.165) is 38.8 Å². The first kappa shape index (κ1) is 17.8. The Kier molecular flexibility index (Phi) is 5.40. The van der Waals surface area contributed by atoms with Gasteiger partial charge in [-0.2, -0.15) is 4.80 Å². The third-order valence-electron chi connectivity index (χ3n) is 4.23. The molecule has 0 radical (unpaired) electrons. The van der Waals surface area contributed by atoms with Crippen molar-refractivity contribution >= 4 is 23.2 Å². The highest BCUT2D eigenvalue weighted by molar-refractivity contribution is 6.04. The Morgan fingerprint density at radius 2 is 2.08 bits per heavy atom. The summed E-state index contributed by atoms with van der Waals surface area (Å²) < 4.78 is 0. The summed E-state index contributed by atoms with van der Waals surface area (Å²) in [6.07, 6.45) is 4.00. The number of nitro benzene ring substituents is 1. The van der Waals surface area contributed by atoms with Gasteiger partial charge in [0.1, 0.15) is 5.69 Å². The number of carbonyl (C=O) groups is 1. The lowest BCUT2D eigenvalue weighted by molar-refractivity contribution is -0.384. The molecular formula is C16H21N7O3. The van der Waals surface area contributed by atoms with Gasteiger partial charge in [-0.1, -0.05) is 12.0 Å². The van der Waals surface area contributed by atoms with E-state index in [1.807, 2.05) is 11.8 Å². The van der Waals surface area contributed by atoms with Crippen LogP contribution in [0.5, 0.6) is 0 Å². The van der Waals surface area contributed by atoms with Crippen molar-refractivity contribution in [2.75, 3.05) is 23.3 Å². The van der Waals surface area contributed by atoms with Crippen LogP contribution < -0.4 is 10.2 Å². The molecule has 1 amide bonds. The van der Waals surface area contributed by atoms with Gasteiger partial charge in [-0.05, 0) is 43.0 Å². The Bertz CT molecular complexity index is 799. The maximum absolute atomic E-state index is 12.4. The third-order valence-corrected chi connectivity index (χ3v) is 4.23. The number of carbonyl (C=O) groups excluding carboxylic acids is 1. The standard InChI is InChI=1S/C16H21N7O3/c1-2-8-22-19-16(18-20-22)17-15(24)12-6-7-13(14(11-12)23(25)26)21-9-4-3-5-10-21/h6-7,11H,2-5,8-10H2,1H3,(H,17,19,24). The maximum Gasteiger partial charge on any atom is 0.293 e. The highest BCUT2D eigenvalue weighted by Crippen LogP contribution is 2.31. The second-order valence-corrected chi connectivity index (χ2v) is 6.17. The second-order valence-electron chi connectivity index (χ2n) is 6.17. The Balaban J connectivity index is 1.79. The van der Waals surface area contributed by atoms with Crippen molar-refractivity contribution in [3.8, 4) is 0 Å². The minimum Gasteiger partial charge on any atom is -0.366 e. The highest BCUT2D eigenvalue weighted by atomic mass is 16.6. The number of nitrogens with one attached hydrogen (secondary N) is 1. The first-order valence-corrected chi connectivity index (χ1v) is 8.71. The number of tetrazole rings is 1. The van der Waals surface area contributed by atoms with E-state index in [9.17, 15) is 14.9 Å². The molecule has 0 aliphatic carbocycles. The number of amides is 1. The van der Waals surface area contributed by atoms with E-state index in [1.165, 1.54) is 10.9 Å². The largest absolute Gasteiger partial charge is 0.366 e. The number of benzene rings is 1. The summed E-state index contributed by atoms with van der Waals surface area (Å²) in [5.41, 5.74) is 0.671. The first-order chi connectivity index (χ1) is 12.6. The van der Waals surface area contributed by atoms with Crippen molar-refractivity contribution in [2.45, 2.75) is 39.2 Å². The molecule has 26 heavy (non-hydrogen) atoms. The van der Waals surface area contributed by atoms with E-state index in [1.54, 1.807) is 12.1 Å². The summed E-state index contributed by atoms with van der Waals surface area (Å²) in [7, 11) is 0. The van der Waals surface area contributed by atoms with Crippen LogP contribution in [0, 0.1) is 10.1 Å². The maximum atomic E-state index is 12.4. The number of aromatic nitrogens is 4. The van der Waals surface area contributed by atoms with Gasteiger partial charge in [-0.15, -0.1) is 5.10 Å². The number of nitro groups is 1. The molecule has 0 spiro atoms. The average Bonchev–Trinajstić information content (AvgIpc) is 3.09. The van der Waals surface area contributed by atoms with Crippen LogP contribution in [-0.4, -0.2) is 44.1 Å². The smallest absolute Gasteiger partial charge is 0.293 e. The molecule has 0 bridgehead atoms. The fourth-order valence-corrected chi connectivity index (χ4v) is 2.97. The summed E-state index contributed by atoms with van der Waals surface area (Å²) in [6.45, 7) is 4.15. The van der Waals surface area contributed by atoms with Crippen LogP contribution in [0.4, 0.5) is 17.3 Å². The molecule has 10 heteroatoms. The summed E-state index contributed by atoms with van der Waals surface area (Å²) in [5, 5.41) is 25.6. The Morgan fingerprint density at radius 3 is 2.77 bits per heavy atom. The average molecular weight is 359 g/mol. The monoisotopic (exact) mass is 359 g/mol. The second kappa shape index (κ2) is 7.89. The van der Waals surface area contributed by atoms with Gasteiger partial charge in [0, 0.05) is 24.7 Å². The van der Waals surface area contributed by atoms with Crippen molar-refractivity contribution in [1.82, 2.24) is 20.2 Å². The molecule has 1 saturated heterocycles. The molecule has 1 N–H and O–H groups in total. The minimum atomic E-state index is -0.505. The van der Waals surface area contributed by atoms with Gasteiger partial charge in [0.05, 0.1) is 11.5 Å². The van der Waals surface area contributed by atoms with Gasteiger partial charge in [-0.3, -0.25) is 20.2 Å². The van der Waals surface area contributed by atoms with Crippen molar-refractivity contribution in [3.63, 3.8) is 0 Å². The van der Waals surface area contributed by atoms with Gasteiger partial charge >= 0.3 is 0 Å². The summed E-state index contributed by atoms with van der Waals surface area (Å²) in [6, 6.07) is 4.53. The predicted molar refractivity (Wildman–Crippen MR) is 95.2 cm³/mol. The Morgan fingerprint density at radius 1 is 1.31 bits per heavy atom. The van der Waals surface area contributed by atoms with Crippen LogP contribution in [0.2, 0.25) is 0 Å². The number of rotatable bonds is 6. The van der Waals surface area contributed by atoms with E-state index in [0.29, 0.717) is 12.2 Å². The summed E-state index contributed by atoms with van der Waals surface area (Å²) in [5.74, 6) is -0.430. The van der Waals surface area contributed by atoms with E-state index < -0.39 is 10.8 Å². The number of hydrogen-bond donors (Lipinski definition) is 1. The van der Waals surface area contributed by atoms with Crippen molar-refractivity contribution in [3.05, 3.63) is 33.9 Å². The first-order valence-electron chi connectivity index (χ1n) is 8.71. The molecule has 0 saturated carbocycles. The molecule has 10 nitrogen and oxygen atoms in total. The quantitative estimate of drug-likeness (QED) is 0.620. The van der Waals surface area contributed by atoms with E-state index >= 15 is 0 Å². The Labute approximate surface area is 150 Å². The highest BCUT2D eigenvalue weighted by Gasteiger charge is 2.23. The van der Waals surface area contributed by atoms with Crippen LogP contribution in [0.1, 0.15) is 43.0 Å². The van der Waals surface area contributed by atoms with Crippen molar-refractivity contribution < 1.29 is 9.72 Å². The summed E-state index contributed by atoms with van der Waals surface area (Å²) >= 11 is 0. The molecule has 1 aromatic heterocycles. The topological polar surface area (TPSA) is 119 Å². The van der Waals surface area contributed by atoms with Gasteiger partial charge in [0.2, 0.25) is 0 Å². The van der Waals surface area contributed by atoms with Crippen molar-refractivity contribution in [2.24, 2.45) is 0 Å². The molecule has 0 unspecified atom stereocenters. The van der Waals surface area contributed by atoms with Crippen LogP contribution in [-0.2, 0) is 6.54 Å². The molecule has 2 aromatic rings. The zero-order valence-electron chi connectivity index (χ0n) is 14.6. The van der Waals surface area contributed by atoms with Gasteiger partial charge in [0.25, 0.3) is 17.5 Å². The molecular weight excluding hydrogens is 338 g/mol. The van der Waals surface area contributed by atoms with Gasteiger partial charge < -0.3 is 4.90 Å². The summed E-state index contributed by atoms with van der Waals surface area (Å²) in [4.78, 5) is 26.8. The molecule has 3 rings (SSSR count). The van der Waals surface area contributed by atoms with Gasteiger partial charge in [0.15, 0.2) is 0 Å². The van der Waals surface area contributed by atoms with Crippen LogP contribution in [0.3, 0.4) is 0 Å². The van der Waals surface area contributed by atoms with E-state index in [2.05, 4.69) is 20.7 Å². The van der Waals surface area contributed by atoms with Crippen LogP contribution in [0.25, 0.3) is 0 Å². The number of nitrogens with zero attached hydrogens (tertiary/aromatic N) is 6. The molecule has 138 valence electrons. The number of piperidine rings is 1. The fraction of sp³-hybridized carbons (Fsp3) is 0.500. The minimum absolute atomic E-state index is 0.0675. The fourth-order valence-electron chi connectivity index (χ4n) is 2.97. The number of hydrogen-bond acceptors (Lipinski definition) is 7. The zero-order chi connectivity index (χ0) is 18.5. The SMILES string of the molecule is CCCn1nnc(NC(=O)c2ccc(N3CCCCC3)c([N+](=O)[O-])c2)n1. The predicted octanol–water partition coefficient (Wildman–Crippen LogP) is 2.23. The normalized spacial score (nSPS) is 14.3. The van der Waals surface area contributed by atoms with Crippen LogP contribution >= 0.6 is 0 Å². The van der Waals surface area contributed by atoms with E-state index in [4.69, 9.17) is 0 Å². The molecule has 1 aliphatic heterocycles. The number of aryl methyl sites for hydroxylation is 1. The third kappa shape index (κ3) is 3.95. The zero-order valence-corrected chi connectivity index (χ0v) is 14.6. The van der Waals surface area contributed by atoms with Crippen LogP contribution in [0.15, 0.2) is 18.2 Å². The Hall–Kier alpha value is -3.04. The lowest BCUT2D eigenvalue weighted by atomic mass is 10.1. The molecule has 1 fully saturated rings. The number of anilines is 2.